The van der Waals surface area contributed by atoms with Crippen molar-refractivity contribution in [2.75, 3.05) is 26.4 Å². The van der Waals surface area contributed by atoms with Crippen LogP contribution in [0.2, 0.25) is 0 Å². The summed E-state index contributed by atoms with van der Waals surface area (Å²) >= 11 is 0. The Labute approximate surface area is 330 Å². The van der Waals surface area contributed by atoms with E-state index in [9.17, 15) is 24.2 Å². The first-order valence-corrected chi connectivity index (χ1v) is 23.6. The van der Waals surface area contributed by atoms with E-state index in [1.54, 1.807) is 0 Å². The molecule has 0 saturated heterocycles. The second-order valence-corrected chi connectivity index (χ2v) is 16.5. The molecule has 0 aliphatic heterocycles. The van der Waals surface area contributed by atoms with E-state index in [4.69, 9.17) is 19.1 Å². The number of hydrogen-bond donors (Lipinski definition) is 3. The standard InChI is InChI=1S/C43H83O10P/c1-3-5-7-9-11-13-15-17-18-19-20-21-22-23-25-27-29-31-33-35-43(47)53-41(39-52-54(48,49)51-37-40(45)36-44)38-50-42(46)34-32-30-28-26-24-16-14-12-10-8-6-4-2/h12,14,40-41,44-45H,3-11,13,15-39H2,1-2H3,(H,48,49)/b14-12+/t40-,41+/m0/s1. The van der Waals surface area contributed by atoms with E-state index in [0.29, 0.717) is 12.8 Å². The monoisotopic (exact) mass is 791 g/mol. The van der Waals surface area contributed by atoms with E-state index in [-0.39, 0.29) is 19.4 Å². The second kappa shape index (κ2) is 39.9. The molecule has 0 fully saturated rings. The summed E-state index contributed by atoms with van der Waals surface area (Å²) in [5, 5.41) is 18.3. The average molecular weight is 791 g/mol. The lowest BCUT2D eigenvalue weighted by Gasteiger charge is -2.20. The molecule has 11 heteroatoms. The van der Waals surface area contributed by atoms with Crippen LogP contribution in [0.25, 0.3) is 0 Å². The van der Waals surface area contributed by atoms with Crippen LogP contribution in [-0.2, 0) is 32.7 Å². The second-order valence-electron chi connectivity index (χ2n) is 15.1. The van der Waals surface area contributed by atoms with Gasteiger partial charge in [0.25, 0.3) is 0 Å². The van der Waals surface area contributed by atoms with Crippen LogP contribution in [0.1, 0.15) is 213 Å². The molecule has 0 saturated carbocycles. The maximum absolute atomic E-state index is 12.6. The summed E-state index contributed by atoms with van der Waals surface area (Å²) in [4.78, 5) is 34.9. The molecule has 0 rings (SSSR count). The van der Waals surface area contributed by atoms with Crippen molar-refractivity contribution in [2.24, 2.45) is 0 Å². The number of carbonyl (C=O) groups excluding carboxylic acids is 2. The van der Waals surface area contributed by atoms with Gasteiger partial charge in [0.1, 0.15) is 12.7 Å². The van der Waals surface area contributed by atoms with Gasteiger partial charge in [0.05, 0.1) is 19.8 Å². The Bertz CT molecular complexity index is 915. The van der Waals surface area contributed by atoms with Crippen LogP contribution in [-0.4, -0.2) is 65.7 Å². The lowest BCUT2D eigenvalue weighted by atomic mass is 10.0. The molecule has 54 heavy (non-hydrogen) atoms. The van der Waals surface area contributed by atoms with Crippen molar-refractivity contribution in [3.63, 3.8) is 0 Å². The Morgan fingerprint density at radius 1 is 0.537 bits per heavy atom. The zero-order chi connectivity index (χ0) is 39.8. The van der Waals surface area contributed by atoms with E-state index >= 15 is 0 Å². The van der Waals surface area contributed by atoms with Gasteiger partial charge in [-0.25, -0.2) is 4.57 Å². The van der Waals surface area contributed by atoms with Crippen LogP contribution < -0.4 is 0 Å². The average Bonchev–Trinajstić information content (AvgIpc) is 3.16. The lowest BCUT2D eigenvalue weighted by Crippen LogP contribution is -2.29. The molecule has 10 nitrogen and oxygen atoms in total. The Kier molecular flexibility index (Phi) is 39.0. The van der Waals surface area contributed by atoms with Crippen LogP contribution in [0.3, 0.4) is 0 Å². The molecule has 0 aromatic heterocycles. The smallest absolute Gasteiger partial charge is 0.462 e. The fraction of sp³-hybridized carbons (Fsp3) is 0.907. The van der Waals surface area contributed by atoms with Crippen LogP contribution in [0.4, 0.5) is 0 Å². The number of rotatable bonds is 42. The molecular weight excluding hydrogens is 707 g/mol. The summed E-state index contributed by atoms with van der Waals surface area (Å²) in [6.45, 7) is 2.37. The molecule has 0 bridgehead atoms. The molecule has 0 aliphatic rings. The Morgan fingerprint density at radius 2 is 0.907 bits per heavy atom. The fourth-order valence-corrected chi connectivity index (χ4v) is 7.01. The number of phosphoric ester groups is 1. The minimum Gasteiger partial charge on any atom is -0.462 e. The number of hydrogen-bond acceptors (Lipinski definition) is 9. The summed E-state index contributed by atoms with van der Waals surface area (Å²) in [5.74, 6) is -0.925. The maximum atomic E-state index is 12.6. The van der Waals surface area contributed by atoms with Crippen LogP contribution >= 0.6 is 7.82 Å². The highest BCUT2D eigenvalue weighted by atomic mass is 31.2. The zero-order valence-corrected chi connectivity index (χ0v) is 35.6. The van der Waals surface area contributed by atoms with E-state index in [0.717, 1.165) is 57.8 Å². The van der Waals surface area contributed by atoms with Gasteiger partial charge in [-0.3, -0.25) is 18.6 Å². The van der Waals surface area contributed by atoms with Gasteiger partial charge < -0.3 is 24.6 Å². The van der Waals surface area contributed by atoms with Crippen molar-refractivity contribution < 1.29 is 47.8 Å². The van der Waals surface area contributed by atoms with Crippen molar-refractivity contribution in [1.82, 2.24) is 0 Å². The number of aliphatic hydroxyl groups excluding tert-OH is 2. The zero-order valence-electron chi connectivity index (χ0n) is 34.7. The fourth-order valence-electron chi connectivity index (χ4n) is 6.22. The number of aliphatic hydroxyl groups is 2. The lowest BCUT2D eigenvalue weighted by molar-refractivity contribution is -0.161. The van der Waals surface area contributed by atoms with Gasteiger partial charge in [-0.15, -0.1) is 0 Å². The summed E-state index contributed by atoms with van der Waals surface area (Å²) in [6, 6.07) is 0. The number of unbranched alkanes of at least 4 members (excludes halogenated alkanes) is 26. The molecule has 0 amide bonds. The first kappa shape index (κ1) is 52.7. The molecular formula is C43H83O10P. The Balaban J connectivity index is 4.22. The summed E-state index contributed by atoms with van der Waals surface area (Å²) in [7, 11) is -4.61. The van der Waals surface area contributed by atoms with E-state index in [1.165, 1.54) is 116 Å². The SMILES string of the molecule is CCCCC/C=C/CCCCCCCC(=O)OC[C@H](COP(=O)(O)OC[C@@H](O)CO)OC(=O)CCCCCCCCCCCCCCCCCCCCC. The molecule has 1 unspecified atom stereocenters. The minimum atomic E-state index is -4.61. The number of esters is 2. The minimum absolute atomic E-state index is 0.188. The summed E-state index contributed by atoms with van der Waals surface area (Å²) in [6.07, 6.45) is 37.5. The summed E-state index contributed by atoms with van der Waals surface area (Å²) in [5.41, 5.74) is 0. The number of phosphoric acid groups is 1. The van der Waals surface area contributed by atoms with Gasteiger partial charge in [-0.1, -0.05) is 174 Å². The quantitative estimate of drug-likeness (QED) is 0.0236. The molecule has 0 aliphatic carbocycles. The highest BCUT2D eigenvalue weighted by Gasteiger charge is 2.27. The number of carbonyl (C=O) groups is 2. The molecule has 3 atom stereocenters. The summed E-state index contributed by atoms with van der Waals surface area (Å²) < 4.78 is 32.7. The predicted octanol–water partition coefficient (Wildman–Crippen LogP) is 11.6. The molecule has 0 radical (unpaired) electrons. The van der Waals surface area contributed by atoms with Crippen molar-refractivity contribution in [3.05, 3.63) is 12.2 Å². The van der Waals surface area contributed by atoms with E-state index in [2.05, 4.69) is 30.5 Å². The third-order valence-corrected chi connectivity index (χ3v) is 10.6. The topological polar surface area (TPSA) is 149 Å². The molecule has 0 spiro atoms. The number of ether oxygens (including phenoxy) is 2. The molecule has 0 aromatic carbocycles. The highest BCUT2D eigenvalue weighted by Crippen LogP contribution is 2.43. The highest BCUT2D eigenvalue weighted by molar-refractivity contribution is 7.47. The first-order chi connectivity index (χ1) is 26.2. The van der Waals surface area contributed by atoms with Gasteiger partial charge in [-0.2, -0.15) is 0 Å². The van der Waals surface area contributed by atoms with Crippen molar-refractivity contribution in [3.8, 4) is 0 Å². The van der Waals surface area contributed by atoms with Gasteiger partial charge in [-0.05, 0) is 38.5 Å². The number of allylic oxidation sites excluding steroid dienone is 2. The maximum Gasteiger partial charge on any atom is 0.472 e. The van der Waals surface area contributed by atoms with Crippen LogP contribution in [0, 0.1) is 0 Å². The van der Waals surface area contributed by atoms with Gasteiger partial charge in [0.2, 0.25) is 0 Å². The predicted molar refractivity (Wildman–Crippen MR) is 219 cm³/mol. The van der Waals surface area contributed by atoms with Crippen LogP contribution in [0.15, 0.2) is 12.2 Å². The molecule has 0 aromatic rings. The van der Waals surface area contributed by atoms with Gasteiger partial charge in [0, 0.05) is 12.8 Å². The molecule has 0 heterocycles. The molecule has 3 N–H and O–H groups in total. The Hall–Kier alpha value is -1.29. The largest absolute Gasteiger partial charge is 0.472 e. The normalized spacial score (nSPS) is 13.9. The third kappa shape index (κ3) is 39.0. The van der Waals surface area contributed by atoms with Gasteiger partial charge in [0.15, 0.2) is 6.10 Å². The van der Waals surface area contributed by atoms with E-state index in [1.807, 2.05) is 0 Å². The Morgan fingerprint density at radius 3 is 1.37 bits per heavy atom. The van der Waals surface area contributed by atoms with Crippen LogP contribution in [0.5, 0.6) is 0 Å². The first-order valence-electron chi connectivity index (χ1n) is 22.1. The third-order valence-electron chi connectivity index (χ3n) is 9.67. The van der Waals surface area contributed by atoms with Crippen molar-refractivity contribution in [1.29, 1.82) is 0 Å². The van der Waals surface area contributed by atoms with Gasteiger partial charge >= 0.3 is 19.8 Å². The van der Waals surface area contributed by atoms with E-state index < -0.39 is 51.8 Å². The molecule has 320 valence electrons. The van der Waals surface area contributed by atoms with Crippen molar-refractivity contribution in [2.45, 2.75) is 225 Å². The van der Waals surface area contributed by atoms with Crippen molar-refractivity contribution >= 4 is 19.8 Å².